The fourth-order valence-corrected chi connectivity index (χ4v) is 6.12. The zero-order valence-corrected chi connectivity index (χ0v) is 17.6. The molecule has 3 aliphatic carbocycles. The Morgan fingerprint density at radius 3 is 1.23 bits per heavy atom. The predicted octanol–water partition coefficient (Wildman–Crippen LogP) is 7.15. The van der Waals surface area contributed by atoms with Gasteiger partial charge in [0.15, 0.2) is 0 Å². The van der Waals surface area contributed by atoms with Gasteiger partial charge in [0, 0.05) is 25.8 Å². The molecule has 0 bridgehead atoms. The van der Waals surface area contributed by atoms with Gasteiger partial charge in [0.1, 0.15) is 0 Å². The van der Waals surface area contributed by atoms with Crippen molar-refractivity contribution in [1.29, 1.82) is 0 Å². The average Bonchev–Trinajstić information content (AvgIpc) is 3.11. The Kier molecular flexibility index (Phi) is 7.72. The number of hydrogen-bond acceptors (Lipinski definition) is 3. The summed E-state index contributed by atoms with van der Waals surface area (Å²) in [6.45, 7) is 2.09. The minimum Gasteiger partial charge on any atom is -0.488 e. The fourth-order valence-electron chi connectivity index (χ4n) is 4.01. The summed E-state index contributed by atoms with van der Waals surface area (Å²) < 4.78 is 19.6. The Hall–Kier alpha value is -1.16. The van der Waals surface area contributed by atoms with Gasteiger partial charge in [-0.3, -0.25) is 0 Å². The summed E-state index contributed by atoms with van der Waals surface area (Å²) in [7, 11) is -2.78. The first-order valence-corrected chi connectivity index (χ1v) is 13.1. The second kappa shape index (κ2) is 10.2. The first kappa shape index (κ1) is 19.6. The van der Waals surface area contributed by atoms with Crippen molar-refractivity contribution in [2.45, 2.75) is 103 Å². The monoisotopic (exact) mass is 376 g/mol. The van der Waals surface area contributed by atoms with Gasteiger partial charge in [0.05, 0.1) is 17.3 Å². The minimum atomic E-state index is -2.78. The molecule has 0 amide bonds. The van der Waals surface area contributed by atoms with Crippen molar-refractivity contribution in [3.05, 3.63) is 35.5 Å². The molecule has 0 N–H and O–H groups in total. The summed E-state index contributed by atoms with van der Waals surface area (Å²) in [6.07, 6.45) is 24.5. The third-order valence-corrected chi connectivity index (χ3v) is 7.35. The zero-order chi connectivity index (χ0) is 18.1. The maximum atomic E-state index is 6.52. The molecule has 0 spiro atoms. The van der Waals surface area contributed by atoms with Crippen LogP contribution in [0.4, 0.5) is 0 Å². The van der Waals surface area contributed by atoms with E-state index >= 15 is 0 Å². The topological polar surface area (TPSA) is 27.7 Å². The van der Waals surface area contributed by atoms with E-state index in [1.807, 2.05) is 0 Å². The first-order chi connectivity index (χ1) is 12.7. The van der Waals surface area contributed by atoms with Crippen LogP contribution < -0.4 is 0 Å². The molecule has 0 aromatic carbocycles. The molecule has 0 aliphatic heterocycles. The van der Waals surface area contributed by atoms with Crippen molar-refractivity contribution in [2.75, 3.05) is 0 Å². The molecule has 26 heavy (non-hydrogen) atoms. The number of rotatable bonds is 6. The summed E-state index contributed by atoms with van der Waals surface area (Å²) in [5.41, 5.74) is 0. The molecular weight excluding hydrogens is 340 g/mol. The molecule has 3 aliphatic rings. The smallest absolute Gasteiger partial charge is 0.488 e. The second-order valence-corrected chi connectivity index (χ2v) is 10.3. The Bertz CT molecular complexity index is 461. The first-order valence-electron chi connectivity index (χ1n) is 10.9. The van der Waals surface area contributed by atoms with Crippen LogP contribution in [0.15, 0.2) is 35.5 Å². The van der Waals surface area contributed by atoms with E-state index in [9.17, 15) is 0 Å². The summed E-state index contributed by atoms with van der Waals surface area (Å²) >= 11 is 0. The molecule has 3 rings (SSSR count). The molecule has 0 atom stereocenters. The van der Waals surface area contributed by atoms with E-state index in [2.05, 4.69) is 24.8 Å². The molecule has 0 radical (unpaired) electrons. The second-order valence-electron chi connectivity index (χ2n) is 7.98. The third-order valence-electron chi connectivity index (χ3n) is 5.45. The lowest BCUT2D eigenvalue weighted by atomic mass is 10.2. The van der Waals surface area contributed by atoms with Crippen LogP contribution in [0.5, 0.6) is 0 Å². The summed E-state index contributed by atoms with van der Waals surface area (Å²) in [5.74, 6) is 3.29. The molecule has 0 fully saturated rings. The number of hydrogen-bond donors (Lipinski definition) is 0. The zero-order valence-electron chi connectivity index (χ0n) is 16.6. The molecule has 0 saturated carbocycles. The van der Waals surface area contributed by atoms with Crippen LogP contribution in [0.3, 0.4) is 0 Å². The average molecular weight is 377 g/mol. The lowest BCUT2D eigenvalue weighted by Crippen LogP contribution is -2.42. The SMILES string of the molecule is C[Si](OC1=CCCCCC1)(OC1=CCCCCC1)OC1=CCCCCC1. The van der Waals surface area contributed by atoms with Crippen molar-refractivity contribution >= 4 is 8.80 Å². The van der Waals surface area contributed by atoms with Crippen LogP contribution in [0, 0.1) is 0 Å². The van der Waals surface area contributed by atoms with Gasteiger partial charge in [-0.25, -0.2) is 0 Å². The van der Waals surface area contributed by atoms with Crippen molar-refractivity contribution in [1.82, 2.24) is 0 Å². The van der Waals surface area contributed by atoms with E-state index in [0.29, 0.717) is 0 Å². The van der Waals surface area contributed by atoms with E-state index < -0.39 is 8.80 Å². The Balaban J connectivity index is 1.73. The lowest BCUT2D eigenvalue weighted by molar-refractivity contribution is 0.138. The van der Waals surface area contributed by atoms with Gasteiger partial charge in [-0.15, -0.1) is 0 Å². The largest absolute Gasteiger partial charge is 0.695 e. The Morgan fingerprint density at radius 2 is 0.885 bits per heavy atom. The summed E-state index contributed by atoms with van der Waals surface area (Å²) in [4.78, 5) is 0. The van der Waals surface area contributed by atoms with Gasteiger partial charge in [-0.2, -0.15) is 0 Å². The van der Waals surface area contributed by atoms with E-state index in [1.165, 1.54) is 57.8 Å². The molecule has 146 valence electrons. The van der Waals surface area contributed by atoms with Gasteiger partial charge in [0.25, 0.3) is 0 Å². The lowest BCUT2D eigenvalue weighted by Gasteiger charge is -2.30. The predicted molar refractivity (Wildman–Crippen MR) is 108 cm³/mol. The van der Waals surface area contributed by atoms with Crippen molar-refractivity contribution in [3.63, 3.8) is 0 Å². The molecule has 3 nitrogen and oxygen atoms in total. The maximum absolute atomic E-state index is 6.52. The van der Waals surface area contributed by atoms with E-state index in [1.54, 1.807) is 0 Å². The van der Waals surface area contributed by atoms with Gasteiger partial charge >= 0.3 is 8.80 Å². The highest BCUT2D eigenvalue weighted by molar-refractivity contribution is 6.60. The van der Waals surface area contributed by atoms with Crippen molar-refractivity contribution in [3.8, 4) is 0 Å². The third kappa shape index (κ3) is 6.53. The standard InChI is InChI=1S/C22H36O3Si/c1-26(23-20-14-8-2-3-9-15-20,24-21-16-10-4-5-11-17-21)25-22-18-12-6-7-13-19-22/h14,16,18H,2-13,15,17,19H2,1H3. The van der Waals surface area contributed by atoms with Gasteiger partial charge in [0.2, 0.25) is 0 Å². The quantitative estimate of drug-likeness (QED) is 0.461. The Labute approximate surface area is 160 Å². The van der Waals surface area contributed by atoms with Crippen LogP contribution in [0.25, 0.3) is 0 Å². The molecule has 0 saturated heterocycles. The van der Waals surface area contributed by atoms with E-state index in [-0.39, 0.29) is 0 Å². The van der Waals surface area contributed by atoms with Crippen LogP contribution in [-0.2, 0) is 13.3 Å². The van der Waals surface area contributed by atoms with Crippen molar-refractivity contribution < 1.29 is 13.3 Å². The van der Waals surface area contributed by atoms with E-state index in [0.717, 1.165) is 55.8 Å². The highest BCUT2D eigenvalue weighted by Crippen LogP contribution is 2.30. The molecule has 4 heteroatoms. The summed E-state index contributed by atoms with van der Waals surface area (Å²) in [5, 5.41) is 0. The van der Waals surface area contributed by atoms with Gasteiger partial charge in [-0.1, -0.05) is 19.3 Å². The molecule has 0 aromatic rings. The minimum absolute atomic E-state index is 1.02. The summed E-state index contributed by atoms with van der Waals surface area (Å²) in [6, 6.07) is 0. The normalized spacial score (nSPS) is 22.7. The van der Waals surface area contributed by atoms with Gasteiger partial charge in [-0.05, 0) is 76.0 Å². The van der Waals surface area contributed by atoms with Crippen LogP contribution in [0.1, 0.15) is 96.3 Å². The highest BCUT2D eigenvalue weighted by Gasteiger charge is 2.44. The Morgan fingerprint density at radius 1 is 0.538 bits per heavy atom. The van der Waals surface area contributed by atoms with Crippen LogP contribution >= 0.6 is 0 Å². The molecule has 0 unspecified atom stereocenters. The van der Waals surface area contributed by atoms with Gasteiger partial charge < -0.3 is 13.3 Å². The fraction of sp³-hybridized carbons (Fsp3) is 0.727. The van der Waals surface area contributed by atoms with Crippen molar-refractivity contribution in [2.24, 2.45) is 0 Å². The van der Waals surface area contributed by atoms with Crippen LogP contribution in [0.2, 0.25) is 6.55 Å². The molecule has 0 aromatic heterocycles. The van der Waals surface area contributed by atoms with Crippen LogP contribution in [-0.4, -0.2) is 8.80 Å². The van der Waals surface area contributed by atoms with E-state index in [4.69, 9.17) is 13.3 Å². The maximum Gasteiger partial charge on any atom is 0.695 e. The molecular formula is C22H36O3Si. The molecule has 0 heterocycles. The highest BCUT2D eigenvalue weighted by atomic mass is 28.4. The number of allylic oxidation sites excluding steroid dienone is 6.